The summed E-state index contributed by atoms with van der Waals surface area (Å²) < 4.78 is 2.30. The van der Waals surface area contributed by atoms with E-state index in [1.165, 1.54) is 37.6 Å². The van der Waals surface area contributed by atoms with Crippen LogP contribution in [0.15, 0.2) is 30.5 Å². The molecule has 0 aliphatic heterocycles. The fraction of sp³-hybridized carbons (Fsp3) is 0.500. The molecule has 1 aromatic carbocycles. The first-order valence-corrected chi connectivity index (χ1v) is 8.20. The minimum atomic E-state index is -0.941. The second kappa shape index (κ2) is 6.53. The van der Waals surface area contributed by atoms with Gasteiger partial charge in [0.2, 0.25) is 0 Å². The number of rotatable bonds is 5. The lowest BCUT2D eigenvalue weighted by Crippen LogP contribution is -2.32. The zero-order chi connectivity index (χ0) is 15.5. The van der Waals surface area contributed by atoms with Gasteiger partial charge < -0.3 is 15.4 Å². The number of para-hydroxylation sites is 1. The Balaban J connectivity index is 1.88. The molecule has 0 radical (unpaired) electrons. The Morgan fingerprint density at radius 1 is 1.27 bits per heavy atom. The van der Waals surface area contributed by atoms with Gasteiger partial charge in [-0.2, -0.15) is 0 Å². The Hall–Kier alpha value is -1.81. The lowest BCUT2D eigenvalue weighted by atomic mass is 9.89. The second-order valence-corrected chi connectivity index (χ2v) is 6.48. The van der Waals surface area contributed by atoms with Crippen LogP contribution in [0.3, 0.4) is 0 Å². The minimum Gasteiger partial charge on any atom is -0.480 e. The largest absolute Gasteiger partial charge is 0.480 e. The molecule has 0 unspecified atom stereocenters. The lowest BCUT2D eigenvalue weighted by molar-refractivity contribution is -0.138. The standard InChI is InChI=1S/C18H24N2O2/c19-16(18(21)22)10-14-12-20(11-13-6-2-1-3-7-13)17-9-5-4-8-15(14)17/h4-5,8-9,12-13,16H,1-3,6-7,10-11,19H2,(H,21,22)/t16-/m0/s1. The number of carboxylic acid groups (broad SMARTS) is 1. The molecule has 1 atom stereocenters. The Labute approximate surface area is 130 Å². The molecule has 1 saturated carbocycles. The minimum absolute atomic E-state index is 0.382. The Bertz CT molecular complexity index is 656. The van der Waals surface area contributed by atoms with Crippen LogP contribution in [0.4, 0.5) is 0 Å². The van der Waals surface area contributed by atoms with Crippen molar-refractivity contribution in [1.82, 2.24) is 4.57 Å². The SMILES string of the molecule is N[C@@H](Cc1cn(CC2CCCCC2)c2ccccc12)C(=O)O. The molecule has 1 aromatic heterocycles. The summed E-state index contributed by atoms with van der Waals surface area (Å²) in [7, 11) is 0. The van der Waals surface area contributed by atoms with Gasteiger partial charge in [-0.1, -0.05) is 37.5 Å². The van der Waals surface area contributed by atoms with Gasteiger partial charge in [-0.15, -0.1) is 0 Å². The molecule has 0 spiro atoms. The van der Waals surface area contributed by atoms with E-state index in [0.29, 0.717) is 6.42 Å². The quantitative estimate of drug-likeness (QED) is 0.891. The number of benzene rings is 1. The molecule has 4 nitrogen and oxygen atoms in total. The molecule has 1 aliphatic carbocycles. The van der Waals surface area contributed by atoms with Crippen LogP contribution in [-0.2, 0) is 17.8 Å². The maximum Gasteiger partial charge on any atom is 0.320 e. The number of aliphatic carboxylic acids is 1. The van der Waals surface area contributed by atoms with Crippen LogP contribution < -0.4 is 5.73 Å². The summed E-state index contributed by atoms with van der Waals surface area (Å²) in [6.07, 6.45) is 9.13. The third-order valence-corrected chi connectivity index (χ3v) is 4.81. The first kappa shape index (κ1) is 15.1. The van der Waals surface area contributed by atoms with E-state index < -0.39 is 12.0 Å². The lowest BCUT2D eigenvalue weighted by Gasteiger charge is -2.22. The van der Waals surface area contributed by atoms with Crippen molar-refractivity contribution < 1.29 is 9.90 Å². The van der Waals surface area contributed by atoms with Gasteiger partial charge in [0.1, 0.15) is 6.04 Å². The number of hydrogen-bond donors (Lipinski definition) is 2. The van der Waals surface area contributed by atoms with Crippen molar-refractivity contribution in [2.45, 2.75) is 51.1 Å². The van der Waals surface area contributed by atoms with Gasteiger partial charge in [0, 0.05) is 30.1 Å². The van der Waals surface area contributed by atoms with E-state index >= 15 is 0 Å². The smallest absolute Gasteiger partial charge is 0.320 e. The number of nitrogens with two attached hydrogens (primary N) is 1. The van der Waals surface area contributed by atoms with Crippen molar-refractivity contribution in [1.29, 1.82) is 0 Å². The van der Waals surface area contributed by atoms with Gasteiger partial charge in [-0.25, -0.2) is 0 Å². The van der Waals surface area contributed by atoms with Gasteiger partial charge in [0.25, 0.3) is 0 Å². The highest BCUT2D eigenvalue weighted by molar-refractivity contribution is 5.85. The molecule has 4 heteroatoms. The molecule has 22 heavy (non-hydrogen) atoms. The maximum absolute atomic E-state index is 11.0. The van der Waals surface area contributed by atoms with Gasteiger partial charge >= 0.3 is 5.97 Å². The number of nitrogens with zero attached hydrogens (tertiary/aromatic N) is 1. The highest BCUT2D eigenvalue weighted by Crippen LogP contribution is 2.28. The monoisotopic (exact) mass is 300 g/mol. The van der Waals surface area contributed by atoms with Crippen LogP contribution in [0, 0.1) is 5.92 Å². The highest BCUT2D eigenvalue weighted by Gasteiger charge is 2.19. The van der Waals surface area contributed by atoms with E-state index in [9.17, 15) is 4.79 Å². The number of hydrogen-bond acceptors (Lipinski definition) is 2. The summed E-state index contributed by atoms with van der Waals surface area (Å²) in [5, 5.41) is 10.2. The third kappa shape index (κ3) is 3.17. The highest BCUT2D eigenvalue weighted by atomic mass is 16.4. The van der Waals surface area contributed by atoms with E-state index in [-0.39, 0.29) is 0 Å². The fourth-order valence-electron chi connectivity index (χ4n) is 3.61. The first-order chi connectivity index (χ1) is 10.6. The number of carbonyl (C=O) groups is 1. The van der Waals surface area contributed by atoms with Crippen LogP contribution in [0.5, 0.6) is 0 Å². The van der Waals surface area contributed by atoms with Crippen LogP contribution in [0.1, 0.15) is 37.7 Å². The molecule has 3 N–H and O–H groups in total. The van der Waals surface area contributed by atoms with Crippen LogP contribution in [0.2, 0.25) is 0 Å². The molecule has 118 valence electrons. The van der Waals surface area contributed by atoms with Crippen LogP contribution in [0.25, 0.3) is 10.9 Å². The average molecular weight is 300 g/mol. The van der Waals surface area contributed by atoms with Crippen molar-refractivity contribution in [3.8, 4) is 0 Å². The molecule has 0 amide bonds. The molecule has 2 aromatic rings. The van der Waals surface area contributed by atoms with Gasteiger partial charge in [-0.05, 0) is 30.4 Å². The predicted octanol–water partition coefficient (Wildman–Crippen LogP) is 3.18. The van der Waals surface area contributed by atoms with Crippen molar-refractivity contribution in [2.75, 3.05) is 0 Å². The topological polar surface area (TPSA) is 68.2 Å². The average Bonchev–Trinajstić information content (AvgIpc) is 2.86. The molecule has 1 heterocycles. The second-order valence-electron chi connectivity index (χ2n) is 6.48. The van der Waals surface area contributed by atoms with Crippen molar-refractivity contribution >= 4 is 16.9 Å². The summed E-state index contributed by atoms with van der Waals surface area (Å²) in [6, 6.07) is 7.39. The zero-order valence-electron chi connectivity index (χ0n) is 12.9. The number of fused-ring (bicyclic) bond motifs is 1. The Morgan fingerprint density at radius 2 is 2.00 bits per heavy atom. The van der Waals surface area contributed by atoms with Gasteiger partial charge in [0.05, 0.1) is 0 Å². The van der Waals surface area contributed by atoms with Crippen LogP contribution >= 0.6 is 0 Å². The van der Waals surface area contributed by atoms with E-state index in [0.717, 1.165) is 23.4 Å². The maximum atomic E-state index is 11.0. The van der Waals surface area contributed by atoms with E-state index in [2.05, 4.69) is 22.9 Å². The summed E-state index contributed by atoms with van der Waals surface area (Å²) in [5.41, 5.74) is 7.96. The Kier molecular flexibility index (Phi) is 4.48. The number of aromatic nitrogens is 1. The summed E-state index contributed by atoms with van der Waals surface area (Å²) in [4.78, 5) is 11.0. The van der Waals surface area contributed by atoms with Gasteiger partial charge in [0.15, 0.2) is 0 Å². The van der Waals surface area contributed by atoms with Crippen molar-refractivity contribution in [3.63, 3.8) is 0 Å². The third-order valence-electron chi connectivity index (χ3n) is 4.81. The Morgan fingerprint density at radius 3 is 2.73 bits per heavy atom. The normalized spacial score (nSPS) is 17.7. The molecule has 0 saturated heterocycles. The summed E-state index contributed by atoms with van der Waals surface area (Å²) in [5.74, 6) is -0.199. The van der Waals surface area contributed by atoms with E-state index in [1.807, 2.05) is 12.1 Å². The first-order valence-electron chi connectivity index (χ1n) is 8.20. The molecule has 0 bridgehead atoms. The zero-order valence-corrected chi connectivity index (χ0v) is 12.9. The molecule has 1 fully saturated rings. The molecule has 1 aliphatic rings. The van der Waals surface area contributed by atoms with Crippen LogP contribution in [-0.4, -0.2) is 21.7 Å². The predicted molar refractivity (Wildman–Crippen MR) is 87.8 cm³/mol. The van der Waals surface area contributed by atoms with Crippen molar-refractivity contribution in [2.24, 2.45) is 11.7 Å². The van der Waals surface area contributed by atoms with Gasteiger partial charge in [-0.3, -0.25) is 4.79 Å². The fourth-order valence-corrected chi connectivity index (χ4v) is 3.61. The summed E-state index contributed by atoms with van der Waals surface area (Å²) >= 11 is 0. The van der Waals surface area contributed by atoms with Crippen molar-refractivity contribution in [3.05, 3.63) is 36.0 Å². The number of carboxylic acids is 1. The molecule has 3 rings (SSSR count). The molecular formula is C18H24N2O2. The van der Waals surface area contributed by atoms with E-state index in [4.69, 9.17) is 10.8 Å². The summed E-state index contributed by atoms with van der Waals surface area (Å²) in [6.45, 7) is 1.03. The molecular weight excluding hydrogens is 276 g/mol. The van der Waals surface area contributed by atoms with E-state index in [1.54, 1.807) is 0 Å².